The topological polar surface area (TPSA) is 41.6 Å². The van der Waals surface area contributed by atoms with E-state index in [1.165, 1.54) is 11.1 Å². The van der Waals surface area contributed by atoms with Gasteiger partial charge in [0.1, 0.15) is 5.75 Å². The van der Waals surface area contributed by atoms with Crippen LogP contribution in [-0.2, 0) is 17.8 Å². The first-order valence-corrected chi connectivity index (χ1v) is 9.94. The zero-order valence-electron chi connectivity index (χ0n) is 16.8. The van der Waals surface area contributed by atoms with E-state index in [-0.39, 0.29) is 12.0 Å². The number of amides is 1. The van der Waals surface area contributed by atoms with Gasteiger partial charge in [0.2, 0.25) is 5.91 Å². The van der Waals surface area contributed by atoms with Crippen molar-refractivity contribution in [3.8, 4) is 5.75 Å². The molecule has 0 spiro atoms. The molecule has 3 rings (SSSR count). The summed E-state index contributed by atoms with van der Waals surface area (Å²) in [6, 6.07) is 14.7. The Morgan fingerprint density at radius 2 is 1.81 bits per heavy atom. The molecular formula is C23H30N2O2. The van der Waals surface area contributed by atoms with E-state index in [1.54, 1.807) is 0 Å². The maximum absolute atomic E-state index is 12.7. The summed E-state index contributed by atoms with van der Waals surface area (Å²) >= 11 is 0. The van der Waals surface area contributed by atoms with Crippen LogP contribution in [0.15, 0.2) is 42.5 Å². The first-order chi connectivity index (χ1) is 13.0. The lowest BCUT2D eigenvalue weighted by molar-refractivity contribution is -0.118. The molecule has 0 aromatic heterocycles. The van der Waals surface area contributed by atoms with Crippen molar-refractivity contribution < 1.29 is 9.53 Å². The molecule has 1 amide bonds. The summed E-state index contributed by atoms with van der Waals surface area (Å²) in [6.07, 6.45) is 1.60. The Kier molecular flexibility index (Phi) is 6.17. The second-order valence-corrected chi connectivity index (χ2v) is 7.29. The Bertz CT molecular complexity index is 785. The highest BCUT2D eigenvalue weighted by Crippen LogP contribution is 2.29. The lowest BCUT2D eigenvalue weighted by Gasteiger charge is -2.29. The van der Waals surface area contributed by atoms with Gasteiger partial charge in [0.25, 0.3) is 0 Å². The second kappa shape index (κ2) is 8.57. The standard InChI is InChI=1S/C23H30N2O2/c1-5-16(3)27-22-12-9-19-14-23(26)25(15-20(19)13-22)21-10-7-18(8-11-21)17(4)24-6-2/h7-13,16-17,24H,5-6,14-15H2,1-4H3/t16-,17?/m1/s1. The molecule has 1 unspecified atom stereocenters. The van der Waals surface area contributed by atoms with E-state index in [1.807, 2.05) is 29.2 Å². The fraction of sp³-hybridized carbons (Fsp3) is 0.435. The van der Waals surface area contributed by atoms with Gasteiger partial charge < -0.3 is 15.0 Å². The van der Waals surface area contributed by atoms with Gasteiger partial charge in [-0.2, -0.15) is 0 Å². The molecule has 0 aliphatic carbocycles. The van der Waals surface area contributed by atoms with Crippen LogP contribution in [0.25, 0.3) is 0 Å². The molecule has 1 N–H and O–H groups in total. The van der Waals surface area contributed by atoms with Crippen molar-refractivity contribution in [2.45, 2.75) is 59.2 Å². The normalized spacial score (nSPS) is 16.0. The lowest BCUT2D eigenvalue weighted by atomic mass is 9.98. The van der Waals surface area contributed by atoms with Crippen LogP contribution in [0.5, 0.6) is 5.75 Å². The summed E-state index contributed by atoms with van der Waals surface area (Å²) in [5, 5.41) is 3.41. The van der Waals surface area contributed by atoms with Crippen molar-refractivity contribution in [1.29, 1.82) is 0 Å². The minimum absolute atomic E-state index is 0.144. The third kappa shape index (κ3) is 4.51. The number of anilines is 1. The van der Waals surface area contributed by atoms with E-state index in [9.17, 15) is 4.79 Å². The highest BCUT2D eigenvalue weighted by atomic mass is 16.5. The van der Waals surface area contributed by atoms with Gasteiger partial charge in [-0.05, 0) is 67.8 Å². The number of carbonyl (C=O) groups is 1. The Hall–Kier alpha value is -2.33. The van der Waals surface area contributed by atoms with Crippen LogP contribution in [0.2, 0.25) is 0 Å². The number of benzene rings is 2. The SMILES string of the molecule is CCNC(C)c1ccc(N2Cc3cc(O[C@H](C)CC)ccc3CC2=O)cc1. The highest BCUT2D eigenvalue weighted by Gasteiger charge is 2.25. The summed E-state index contributed by atoms with van der Waals surface area (Å²) in [5.41, 5.74) is 4.45. The third-order valence-electron chi connectivity index (χ3n) is 5.28. The van der Waals surface area contributed by atoms with Crippen molar-refractivity contribution in [3.05, 3.63) is 59.2 Å². The van der Waals surface area contributed by atoms with Gasteiger partial charge in [-0.25, -0.2) is 0 Å². The van der Waals surface area contributed by atoms with Gasteiger partial charge in [-0.3, -0.25) is 4.79 Å². The number of carbonyl (C=O) groups excluding carboxylic acids is 1. The fourth-order valence-corrected chi connectivity index (χ4v) is 3.43. The predicted molar refractivity (Wildman–Crippen MR) is 110 cm³/mol. The van der Waals surface area contributed by atoms with Crippen molar-refractivity contribution in [3.63, 3.8) is 0 Å². The summed E-state index contributed by atoms with van der Waals surface area (Å²) in [5.74, 6) is 1.03. The Labute approximate surface area is 162 Å². The smallest absolute Gasteiger partial charge is 0.231 e. The minimum atomic E-state index is 0.144. The summed E-state index contributed by atoms with van der Waals surface area (Å²) < 4.78 is 5.95. The van der Waals surface area contributed by atoms with Crippen molar-refractivity contribution in [2.24, 2.45) is 0 Å². The molecule has 2 aromatic carbocycles. The van der Waals surface area contributed by atoms with Gasteiger partial charge in [-0.15, -0.1) is 0 Å². The van der Waals surface area contributed by atoms with E-state index in [2.05, 4.69) is 51.2 Å². The molecule has 1 heterocycles. The van der Waals surface area contributed by atoms with E-state index in [0.29, 0.717) is 19.0 Å². The number of nitrogens with zero attached hydrogens (tertiary/aromatic N) is 1. The second-order valence-electron chi connectivity index (χ2n) is 7.29. The molecule has 0 radical (unpaired) electrons. The van der Waals surface area contributed by atoms with Crippen LogP contribution in [0.4, 0.5) is 5.69 Å². The van der Waals surface area contributed by atoms with Crippen LogP contribution < -0.4 is 15.0 Å². The monoisotopic (exact) mass is 366 g/mol. The number of nitrogens with one attached hydrogen (secondary N) is 1. The maximum atomic E-state index is 12.7. The van der Waals surface area contributed by atoms with E-state index in [4.69, 9.17) is 4.74 Å². The van der Waals surface area contributed by atoms with Crippen LogP contribution >= 0.6 is 0 Å². The van der Waals surface area contributed by atoms with Crippen LogP contribution in [0, 0.1) is 0 Å². The third-order valence-corrected chi connectivity index (χ3v) is 5.28. The molecule has 144 valence electrons. The first-order valence-electron chi connectivity index (χ1n) is 9.94. The fourth-order valence-electron chi connectivity index (χ4n) is 3.43. The molecule has 2 aromatic rings. The largest absolute Gasteiger partial charge is 0.491 e. The lowest BCUT2D eigenvalue weighted by Crippen LogP contribution is -2.36. The molecular weight excluding hydrogens is 336 g/mol. The Morgan fingerprint density at radius 3 is 2.48 bits per heavy atom. The Balaban J connectivity index is 1.79. The zero-order valence-corrected chi connectivity index (χ0v) is 16.8. The van der Waals surface area contributed by atoms with Crippen molar-refractivity contribution in [1.82, 2.24) is 5.32 Å². The molecule has 0 saturated heterocycles. The van der Waals surface area contributed by atoms with Gasteiger partial charge >= 0.3 is 0 Å². The molecule has 2 atom stereocenters. The van der Waals surface area contributed by atoms with Crippen molar-refractivity contribution >= 4 is 11.6 Å². The zero-order chi connectivity index (χ0) is 19.4. The first kappa shape index (κ1) is 19.4. The van der Waals surface area contributed by atoms with Crippen LogP contribution in [0.3, 0.4) is 0 Å². The molecule has 0 bridgehead atoms. The molecule has 1 aliphatic rings. The van der Waals surface area contributed by atoms with Crippen LogP contribution in [0.1, 0.15) is 56.8 Å². The quantitative estimate of drug-likeness (QED) is 0.777. The van der Waals surface area contributed by atoms with E-state index >= 15 is 0 Å². The van der Waals surface area contributed by atoms with Gasteiger partial charge in [-0.1, -0.05) is 32.0 Å². The summed E-state index contributed by atoms with van der Waals surface area (Å²) in [4.78, 5) is 14.5. The molecule has 0 fully saturated rings. The number of hydrogen-bond acceptors (Lipinski definition) is 3. The molecule has 4 heteroatoms. The molecule has 27 heavy (non-hydrogen) atoms. The van der Waals surface area contributed by atoms with Crippen LogP contribution in [-0.4, -0.2) is 18.6 Å². The Morgan fingerprint density at radius 1 is 1.07 bits per heavy atom. The average Bonchev–Trinajstić information content (AvgIpc) is 2.68. The number of fused-ring (bicyclic) bond motifs is 1. The predicted octanol–water partition coefficient (Wildman–Crippen LogP) is 4.62. The van der Waals surface area contributed by atoms with Crippen molar-refractivity contribution in [2.75, 3.05) is 11.4 Å². The molecule has 4 nitrogen and oxygen atoms in total. The van der Waals surface area contributed by atoms with E-state index in [0.717, 1.165) is 30.0 Å². The van der Waals surface area contributed by atoms with Gasteiger partial charge in [0.05, 0.1) is 19.1 Å². The highest BCUT2D eigenvalue weighted by molar-refractivity contribution is 5.96. The maximum Gasteiger partial charge on any atom is 0.231 e. The number of ether oxygens (including phenoxy) is 1. The van der Waals surface area contributed by atoms with Gasteiger partial charge in [0, 0.05) is 11.7 Å². The molecule has 0 saturated carbocycles. The number of rotatable bonds is 7. The molecule has 1 aliphatic heterocycles. The van der Waals surface area contributed by atoms with E-state index < -0.39 is 0 Å². The minimum Gasteiger partial charge on any atom is -0.491 e. The van der Waals surface area contributed by atoms with Gasteiger partial charge in [0.15, 0.2) is 0 Å². The average molecular weight is 367 g/mol. The summed E-state index contributed by atoms with van der Waals surface area (Å²) in [6.45, 7) is 9.97. The summed E-state index contributed by atoms with van der Waals surface area (Å²) in [7, 11) is 0. The number of hydrogen-bond donors (Lipinski definition) is 1.